The first-order chi connectivity index (χ1) is 35.9. The average molecular weight is 993 g/mol. The number of benzene rings is 2. The van der Waals surface area contributed by atoms with Crippen molar-refractivity contribution in [1.82, 2.24) is 78.4 Å². The van der Waals surface area contributed by atoms with Gasteiger partial charge in [0, 0.05) is 49.7 Å². The monoisotopic (exact) mass is 992 g/mol. The van der Waals surface area contributed by atoms with Crippen LogP contribution in [0.5, 0.6) is 11.5 Å². The molecule has 2 aliphatic heterocycles. The predicted octanol–water partition coefficient (Wildman–Crippen LogP) is 5.72. The lowest BCUT2D eigenvalue weighted by Crippen LogP contribution is -2.42. The maximum atomic E-state index is 13.5. The largest absolute Gasteiger partial charge is 0.494 e. The predicted molar refractivity (Wildman–Crippen MR) is 269 cm³/mol. The molecule has 0 saturated carbocycles. The topological polar surface area (TPSA) is 248 Å². The van der Waals surface area contributed by atoms with Crippen molar-refractivity contribution in [3.63, 3.8) is 0 Å². The quantitative estimate of drug-likeness (QED) is 0.123. The Morgan fingerprint density at radius 1 is 0.541 bits per heavy atom. The Morgan fingerprint density at radius 2 is 0.946 bits per heavy atom. The van der Waals surface area contributed by atoms with Crippen LogP contribution >= 0.6 is 0 Å². The molecular weight excluding hydrogens is 945 g/mol. The van der Waals surface area contributed by atoms with Gasteiger partial charge in [-0.3, -0.25) is 19.2 Å². The van der Waals surface area contributed by atoms with Gasteiger partial charge in [-0.15, -0.1) is 0 Å². The number of nitrogens with zero attached hydrogens (tertiary/aromatic N) is 14. The molecule has 2 aromatic carbocycles. The smallest absolute Gasteiger partial charge is 0.295 e. The average Bonchev–Trinajstić information content (AvgIpc) is 4.33. The molecule has 372 valence electrons. The zero-order chi connectivity index (χ0) is 51.4. The van der Waals surface area contributed by atoms with Gasteiger partial charge in [-0.25, -0.2) is 39.3 Å². The molecule has 0 fully saturated rings. The van der Waals surface area contributed by atoms with Crippen molar-refractivity contribution in [2.45, 2.75) is 53.9 Å². The minimum Gasteiger partial charge on any atom is -0.494 e. The van der Waals surface area contributed by atoms with Crippen molar-refractivity contribution in [1.29, 1.82) is 0 Å². The molecule has 2 amide bonds. The molecule has 2 aliphatic rings. The van der Waals surface area contributed by atoms with Crippen molar-refractivity contribution in [3.8, 4) is 45.9 Å². The second-order valence-corrected chi connectivity index (χ2v) is 17.8. The van der Waals surface area contributed by atoms with Gasteiger partial charge in [0.05, 0.1) is 95.4 Å². The standard InChI is InChI=1S/2C26H24N8O3/c2*1-15-19-13-32(9-10-33(19)24(30-15)17-7-5-4-6-8-17)26(36)23(35)18-11-27-22-21(18)20(37-3)12-28-25(22)34-14-29-16(2)31-34/h2*4-8,11-12,14,27H,9-10,13H2,1-3H3. The maximum absolute atomic E-state index is 13.5. The summed E-state index contributed by atoms with van der Waals surface area (Å²) in [5, 5.41) is 9.58. The third-order valence-electron chi connectivity index (χ3n) is 13.3. The molecule has 2 N–H and O–H groups in total. The van der Waals surface area contributed by atoms with Gasteiger partial charge in [0.2, 0.25) is 0 Å². The number of aromatic amines is 2. The van der Waals surface area contributed by atoms with Crippen LogP contribution in [0.2, 0.25) is 0 Å². The van der Waals surface area contributed by atoms with E-state index in [4.69, 9.17) is 19.4 Å². The Balaban J connectivity index is 0.000000159. The van der Waals surface area contributed by atoms with Crippen molar-refractivity contribution >= 4 is 45.2 Å². The summed E-state index contributed by atoms with van der Waals surface area (Å²) in [6.07, 6.45) is 9.15. The van der Waals surface area contributed by atoms with Crippen LogP contribution in [0.1, 0.15) is 55.1 Å². The van der Waals surface area contributed by atoms with E-state index in [1.54, 1.807) is 36.3 Å². The number of Topliss-reactive ketones (excluding diaryl/α,β-unsaturated/α-hetero) is 2. The van der Waals surface area contributed by atoms with Crippen molar-refractivity contribution < 1.29 is 28.7 Å². The molecule has 10 heterocycles. The van der Waals surface area contributed by atoms with Crippen molar-refractivity contribution in [2.24, 2.45) is 0 Å². The van der Waals surface area contributed by atoms with E-state index in [2.05, 4.69) is 49.2 Å². The highest BCUT2D eigenvalue weighted by atomic mass is 16.5. The molecule has 22 heteroatoms. The number of pyridine rings is 2. The van der Waals surface area contributed by atoms with Gasteiger partial charge in [-0.1, -0.05) is 60.7 Å². The number of aromatic nitrogens is 14. The molecule has 0 unspecified atom stereocenters. The number of fused-ring (bicyclic) bond motifs is 4. The highest BCUT2D eigenvalue weighted by molar-refractivity contribution is 6.46. The van der Waals surface area contributed by atoms with E-state index in [-0.39, 0.29) is 11.1 Å². The Labute approximate surface area is 421 Å². The number of amides is 2. The first kappa shape index (κ1) is 46.8. The molecule has 8 aromatic heterocycles. The number of ketones is 2. The summed E-state index contributed by atoms with van der Waals surface area (Å²) >= 11 is 0. The summed E-state index contributed by atoms with van der Waals surface area (Å²) in [5.41, 5.74) is 7.08. The third-order valence-corrected chi connectivity index (χ3v) is 13.3. The molecule has 0 radical (unpaired) electrons. The second kappa shape index (κ2) is 18.9. The molecule has 22 nitrogen and oxygen atoms in total. The summed E-state index contributed by atoms with van der Waals surface area (Å²) in [6, 6.07) is 19.9. The molecule has 0 atom stereocenters. The Morgan fingerprint density at radius 3 is 1.31 bits per heavy atom. The summed E-state index contributed by atoms with van der Waals surface area (Å²) < 4.78 is 18.3. The molecule has 12 rings (SSSR count). The maximum Gasteiger partial charge on any atom is 0.295 e. The van der Waals surface area contributed by atoms with Gasteiger partial charge in [-0.05, 0) is 27.7 Å². The lowest BCUT2D eigenvalue weighted by molar-refractivity contribution is -0.128. The summed E-state index contributed by atoms with van der Waals surface area (Å²) in [4.78, 5) is 89.9. The van der Waals surface area contributed by atoms with Crippen LogP contribution in [0.4, 0.5) is 0 Å². The highest BCUT2D eigenvalue weighted by Crippen LogP contribution is 2.35. The van der Waals surface area contributed by atoms with E-state index in [0.29, 0.717) is 95.9 Å². The fraction of sp³-hybridized carbons (Fsp3) is 0.231. The van der Waals surface area contributed by atoms with E-state index in [0.717, 1.165) is 45.6 Å². The normalized spacial score (nSPS) is 13.1. The second-order valence-electron chi connectivity index (χ2n) is 17.8. The number of methoxy groups -OCH3 is 2. The molecule has 0 saturated heterocycles. The lowest BCUT2D eigenvalue weighted by atomic mass is 10.1. The molecule has 0 aliphatic carbocycles. The number of nitrogens with one attached hydrogen (secondary N) is 2. The van der Waals surface area contributed by atoms with E-state index >= 15 is 0 Å². The van der Waals surface area contributed by atoms with Crippen LogP contribution in [-0.4, -0.2) is 129 Å². The minimum atomic E-state index is -0.620. The number of carbonyl (C=O) groups excluding carboxylic acids is 4. The van der Waals surface area contributed by atoms with Gasteiger partial charge in [0.15, 0.2) is 11.6 Å². The van der Waals surface area contributed by atoms with Gasteiger partial charge in [-0.2, -0.15) is 10.2 Å². The number of carbonyl (C=O) groups is 4. The molecule has 0 bridgehead atoms. The Kier molecular flexibility index (Phi) is 11.9. The first-order valence-electron chi connectivity index (χ1n) is 23.7. The fourth-order valence-corrected chi connectivity index (χ4v) is 9.66. The van der Waals surface area contributed by atoms with E-state index in [9.17, 15) is 19.2 Å². The lowest BCUT2D eigenvalue weighted by Gasteiger charge is -2.29. The van der Waals surface area contributed by atoms with Gasteiger partial charge in [0.25, 0.3) is 23.4 Å². The fourth-order valence-electron chi connectivity index (χ4n) is 9.66. The number of hydrogen-bond donors (Lipinski definition) is 2. The van der Waals surface area contributed by atoms with E-state index in [1.807, 2.05) is 74.5 Å². The van der Waals surface area contributed by atoms with Crippen molar-refractivity contribution in [2.75, 3.05) is 27.3 Å². The summed E-state index contributed by atoms with van der Waals surface area (Å²) in [7, 11) is 3.00. The third kappa shape index (κ3) is 8.10. The van der Waals surface area contributed by atoms with Crippen LogP contribution in [0.15, 0.2) is 98.1 Å². The number of imidazole rings is 2. The number of ether oxygens (including phenoxy) is 2. The van der Waals surface area contributed by atoms with Crippen molar-refractivity contribution in [3.05, 3.63) is 144 Å². The van der Waals surface area contributed by atoms with E-state index in [1.165, 1.54) is 48.4 Å². The van der Waals surface area contributed by atoms with Crippen LogP contribution in [-0.2, 0) is 35.8 Å². The SMILES string of the molecule is COc1cnc(-n2cnc(C)n2)c2[nH]cc(C(=O)C(=O)N3CCn4c(-c5ccccc5)nc(C)c4C3)c12.COc1cnc(-n2cnc(C)n2)c2[nH]cc(C(=O)C(=O)N3CCn4c(-c5ccccc5)nc(C)c4C3)c12. The van der Waals surface area contributed by atoms with Crippen LogP contribution in [0.25, 0.3) is 56.2 Å². The summed E-state index contributed by atoms with van der Waals surface area (Å²) in [6.45, 7) is 9.92. The first-order valence-corrected chi connectivity index (χ1v) is 23.7. The number of aryl methyl sites for hydroxylation is 4. The number of H-pyrrole nitrogens is 2. The van der Waals surface area contributed by atoms with Crippen LogP contribution in [0, 0.1) is 27.7 Å². The minimum absolute atomic E-state index is 0.220. The van der Waals surface area contributed by atoms with Crippen LogP contribution < -0.4 is 9.47 Å². The molecule has 0 spiro atoms. The van der Waals surface area contributed by atoms with E-state index < -0.39 is 23.4 Å². The zero-order valence-electron chi connectivity index (χ0n) is 41.2. The Hall–Kier alpha value is -9.60. The molecule has 10 aromatic rings. The van der Waals surface area contributed by atoms with Gasteiger partial charge in [0.1, 0.15) is 47.5 Å². The highest BCUT2D eigenvalue weighted by Gasteiger charge is 2.34. The zero-order valence-corrected chi connectivity index (χ0v) is 41.2. The summed E-state index contributed by atoms with van der Waals surface area (Å²) in [5.74, 6) is 2.18. The number of hydrogen-bond acceptors (Lipinski definition) is 14. The Bertz CT molecular complexity index is 3580. The molecule has 74 heavy (non-hydrogen) atoms. The number of rotatable bonds is 10. The van der Waals surface area contributed by atoms with Gasteiger partial charge < -0.3 is 38.4 Å². The molecular formula is C52H48N16O6. The van der Waals surface area contributed by atoms with Gasteiger partial charge >= 0.3 is 0 Å². The van der Waals surface area contributed by atoms with Crippen LogP contribution in [0.3, 0.4) is 0 Å².